The molecule has 0 unspecified atom stereocenters. The first kappa shape index (κ1) is 14.2. The third kappa shape index (κ3) is 3.43. The van der Waals surface area contributed by atoms with Crippen LogP contribution >= 0.6 is 12.6 Å². The molecule has 18 heavy (non-hydrogen) atoms. The molecule has 0 aromatic heterocycles. The number of allylic oxidation sites excluding steroid dienone is 1. The maximum absolute atomic E-state index is 9.71. The highest BCUT2D eigenvalue weighted by Crippen LogP contribution is 2.31. The van der Waals surface area contributed by atoms with Crippen molar-refractivity contribution < 1.29 is 5.11 Å². The van der Waals surface area contributed by atoms with E-state index in [4.69, 9.17) is 0 Å². The van der Waals surface area contributed by atoms with Gasteiger partial charge in [0.05, 0.1) is 0 Å². The molecule has 0 atom stereocenters. The Morgan fingerprint density at radius 2 is 1.78 bits per heavy atom. The van der Waals surface area contributed by atoms with Gasteiger partial charge in [-0.05, 0) is 32.2 Å². The van der Waals surface area contributed by atoms with Crippen molar-refractivity contribution in [3.05, 3.63) is 11.2 Å². The number of aliphatic hydroxyl groups excluding tert-OH is 1. The van der Waals surface area contributed by atoms with E-state index in [0.717, 1.165) is 18.9 Å². The van der Waals surface area contributed by atoms with Crippen LogP contribution in [0.4, 0.5) is 0 Å². The molecule has 1 saturated heterocycles. The summed E-state index contributed by atoms with van der Waals surface area (Å²) in [5, 5.41) is 11.3. The van der Waals surface area contributed by atoms with E-state index < -0.39 is 0 Å². The summed E-state index contributed by atoms with van der Waals surface area (Å²) in [5.41, 5.74) is 0. The number of thiol groups is 1. The molecule has 2 aliphatic rings. The monoisotopic (exact) mass is 270 g/mol. The Labute approximate surface area is 116 Å². The van der Waals surface area contributed by atoms with Gasteiger partial charge in [0.2, 0.25) is 0 Å². The number of nitrogens with zero attached hydrogens (tertiary/aromatic N) is 2. The van der Waals surface area contributed by atoms with Gasteiger partial charge in [-0.25, -0.2) is 0 Å². The van der Waals surface area contributed by atoms with Crippen LogP contribution in [0.15, 0.2) is 11.2 Å². The van der Waals surface area contributed by atoms with Crippen LogP contribution in [0, 0.1) is 5.92 Å². The zero-order valence-corrected chi connectivity index (χ0v) is 12.3. The van der Waals surface area contributed by atoms with Crippen molar-refractivity contribution in [3.8, 4) is 0 Å². The molecule has 0 spiro atoms. The highest BCUT2D eigenvalue weighted by Gasteiger charge is 2.29. The summed E-state index contributed by atoms with van der Waals surface area (Å²) >= 11 is 4.04. The Morgan fingerprint density at radius 1 is 1.17 bits per heavy atom. The number of piperazine rings is 1. The fraction of sp³-hybridized carbons (Fsp3) is 0.857. The minimum absolute atomic E-state index is 0.357. The zero-order valence-electron chi connectivity index (χ0n) is 11.4. The lowest BCUT2D eigenvalue weighted by Gasteiger charge is -2.41. The molecule has 3 nitrogen and oxygen atoms in total. The summed E-state index contributed by atoms with van der Waals surface area (Å²) in [4.78, 5) is 5.18. The lowest BCUT2D eigenvalue weighted by Crippen LogP contribution is -2.50. The molecule has 0 aromatic rings. The molecule has 1 aliphatic carbocycles. The quantitative estimate of drug-likeness (QED) is 0.609. The fourth-order valence-electron chi connectivity index (χ4n) is 3.29. The summed E-state index contributed by atoms with van der Waals surface area (Å²) in [7, 11) is 0. The highest BCUT2D eigenvalue weighted by molar-refractivity contribution is 7.83. The average Bonchev–Trinajstić information content (AvgIpc) is 2.47. The Balaban J connectivity index is 1.77. The van der Waals surface area contributed by atoms with Crippen LogP contribution in [0.2, 0.25) is 0 Å². The molecule has 1 saturated carbocycles. The molecule has 0 aromatic carbocycles. The Morgan fingerprint density at radius 3 is 2.28 bits per heavy atom. The number of aliphatic hydroxyl groups is 1. The van der Waals surface area contributed by atoms with Crippen LogP contribution in [-0.2, 0) is 0 Å². The van der Waals surface area contributed by atoms with Crippen LogP contribution in [0.3, 0.4) is 0 Å². The molecule has 1 aliphatic heterocycles. The van der Waals surface area contributed by atoms with E-state index in [1.165, 1.54) is 45.6 Å². The predicted molar refractivity (Wildman–Crippen MR) is 79.1 cm³/mol. The summed E-state index contributed by atoms with van der Waals surface area (Å²) in [6.07, 6.45) is 4.67. The van der Waals surface area contributed by atoms with E-state index in [-0.39, 0.29) is 0 Å². The number of hydrogen-bond donors (Lipinski definition) is 2. The maximum atomic E-state index is 9.71. The molecule has 104 valence electrons. The van der Waals surface area contributed by atoms with E-state index in [0.29, 0.717) is 11.7 Å². The molecular weight excluding hydrogens is 244 g/mol. The van der Waals surface area contributed by atoms with Crippen LogP contribution in [0.25, 0.3) is 0 Å². The van der Waals surface area contributed by atoms with Gasteiger partial charge in [-0.2, -0.15) is 0 Å². The maximum Gasteiger partial charge on any atom is 0.101 e. The predicted octanol–water partition coefficient (Wildman–Crippen LogP) is 2.51. The second-order valence-corrected chi connectivity index (χ2v) is 5.79. The third-order valence-electron chi connectivity index (χ3n) is 4.62. The Bertz CT molecular complexity index is 280. The molecule has 1 heterocycles. The van der Waals surface area contributed by atoms with Crippen molar-refractivity contribution in [2.24, 2.45) is 5.92 Å². The van der Waals surface area contributed by atoms with Gasteiger partial charge in [-0.1, -0.05) is 6.92 Å². The third-order valence-corrected chi connectivity index (χ3v) is 4.88. The van der Waals surface area contributed by atoms with E-state index in [9.17, 15) is 5.11 Å². The first-order valence-corrected chi connectivity index (χ1v) is 7.75. The second kappa shape index (κ2) is 6.83. The number of hydrogen-bond acceptors (Lipinski definition) is 4. The van der Waals surface area contributed by atoms with Crippen molar-refractivity contribution in [1.82, 2.24) is 9.80 Å². The van der Waals surface area contributed by atoms with Crippen LogP contribution in [-0.4, -0.2) is 53.7 Å². The lowest BCUT2D eigenvalue weighted by molar-refractivity contribution is 0.0721. The second-order valence-electron chi connectivity index (χ2n) is 5.53. The van der Waals surface area contributed by atoms with Crippen LogP contribution < -0.4 is 0 Å². The average molecular weight is 270 g/mol. The van der Waals surface area contributed by atoms with E-state index >= 15 is 0 Å². The van der Waals surface area contributed by atoms with E-state index in [1.807, 2.05) is 0 Å². The molecule has 1 N–H and O–H groups in total. The smallest absolute Gasteiger partial charge is 0.101 e. The van der Waals surface area contributed by atoms with Crippen molar-refractivity contribution in [1.29, 1.82) is 0 Å². The Kier molecular flexibility index (Phi) is 5.39. The van der Waals surface area contributed by atoms with Gasteiger partial charge in [0.25, 0.3) is 0 Å². The summed E-state index contributed by atoms with van der Waals surface area (Å²) < 4.78 is 0. The lowest BCUT2D eigenvalue weighted by atomic mass is 9.84. The molecule has 0 amide bonds. The SMILES string of the molecule is CCN1CCN(C2CCC(/C(O)=C/S)CC2)CC1. The topological polar surface area (TPSA) is 26.7 Å². The molecule has 2 fully saturated rings. The van der Waals surface area contributed by atoms with Crippen LogP contribution in [0.5, 0.6) is 0 Å². The van der Waals surface area contributed by atoms with Gasteiger partial charge >= 0.3 is 0 Å². The standard InChI is InChI=1S/C14H26N2OS/c1-2-15-7-9-16(10-8-15)13-5-3-12(4-6-13)14(17)11-18/h11-13,17-18H,2-10H2,1H3/b14-11-. The number of likely N-dealkylation sites (N-methyl/N-ethyl adjacent to an activating group) is 1. The molecule has 2 rings (SSSR count). The first-order chi connectivity index (χ1) is 8.74. The van der Waals surface area contributed by atoms with Crippen molar-refractivity contribution in [2.75, 3.05) is 32.7 Å². The summed E-state index contributed by atoms with van der Waals surface area (Å²) in [6.45, 7) is 8.31. The van der Waals surface area contributed by atoms with Crippen molar-refractivity contribution in [3.63, 3.8) is 0 Å². The van der Waals surface area contributed by atoms with E-state index in [2.05, 4.69) is 29.4 Å². The Hall–Kier alpha value is -0.190. The number of rotatable bonds is 3. The van der Waals surface area contributed by atoms with Gasteiger partial charge in [0.15, 0.2) is 0 Å². The summed E-state index contributed by atoms with van der Waals surface area (Å²) in [5.74, 6) is 0.836. The molecule has 0 bridgehead atoms. The normalized spacial score (nSPS) is 32.7. The largest absolute Gasteiger partial charge is 0.512 e. The zero-order chi connectivity index (χ0) is 13.0. The van der Waals surface area contributed by atoms with Gasteiger partial charge in [0.1, 0.15) is 5.76 Å². The van der Waals surface area contributed by atoms with Gasteiger partial charge in [0, 0.05) is 43.5 Å². The van der Waals surface area contributed by atoms with Crippen molar-refractivity contribution in [2.45, 2.75) is 38.6 Å². The van der Waals surface area contributed by atoms with Gasteiger partial charge < -0.3 is 10.0 Å². The van der Waals surface area contributed by atoms with Crippen LogP contribution in [0.1, 0.15) is 32.6 Å². The minimum atomic E-state index is 0.357. The molecule has 0 radical (unpaired) electrons. The van der Waals surface area contributed by atoms with Crippen molar-refractivity contribution >= 4 is 12.6 Å². The van der Waals surface area contributed by atoms with E-state index in [1.54, 1.807) is 5.41 Å². The highest BCUT2D eigenvalue weighted by atomic mass is 32.1. The summed E-state index contributed by atoms with van der Waals surface area (Å²) in [6, 6.07) is 0.743. The van der Waals surface area contributed by atoms with Gasteiger partial charge in [-0.15, -0.1) is 12.6 Å². The fourth-order valence-corrected chi connectivity index (χ4v) is 3.50. The minimum Gasteiger partial charge on any atom is -0.512 e. The van der Waals surface area contributed by atoms with Gasteiger partial charge in [-0.3, -0.25) is 4.90 Å². The molecular formula is C14H26N2OS. The first-order valence-electron chi connectivity index (χ1n) is 7.24. The molecule has 4 heteroatoms.